The van der Waals surface area contributed by atoms with Crippen LogP contribution in [0.4, 0.5) is 0 Å². The number of hydrogen-bond acceptors (Lipinski definition) is 10. The van der Waals surface area contributed by atoms with Crippen molar-refractivity contribution in [1.29, 1.82) is 0 Å². The number of benzene rings is 2. The highest BCUT2D eigenvalue weighted by Gasteiger charge is 2.26. The fourth-order valence-electron chi connectivity index (χ4n) is 6.16. The summed E-state index contributed by atoms with van der Waals surface area (Å²) in [5, 5.41) is 54.6. The lowest BCUT2D eigenvalue weighted by molar-refractivity contribution is -0.143. The van der Waals surface area contributed by atoms with E-state index in [4.69, 9.17) is 0 Å². The Morgan fingerprint density at radius 2 is 0.855 bits per heavy atom. The highest BCUT2D eigenvalue weighted by molar-refractivity contribution is 5.89. The lowest BCUT2D eigenvalue weighted by Gasteiger charge is -2.28. The molecule has 0 radical (unpaired) electrons. The van der Waals surface area contributed by atoms with Crippen molar-refractivity contribution >= 4 is 63.5 Å². The van der Waals surface area contributed by atoms with Crippen LogP contribution in [0.3, 0.4) is 0 Å². The maximum absolute atomic E-state index is 13.0. The van der Waals surface area contributed by atoms with E-state index in [-0.39, 0.29) is 39.0 Å². The van der Waals surface area contributed by atoms with E-state index in [0.29, 0.717) is 11.1 Å². The van der Waals surface area contributed by atoms with Crippen LogP contribution in [0, 0.1) is 0 Å². The van der Waals surface area contributed by atoms with E-state index in [0.717, 1.165) is 21.8 Å². The summed E-state index contributed by atoms with van der Waals surface area (Å²) in [6.45, 7) is -3.41. The van der Waals surface area contributed by atoms with Crippen LogP contribution in [0.1, 0.15) is 11.1 Å². The number of carbonyl (C=O) groups is 7. The molecule has 2 aromatic heterocycles. The Labute approximate surface area is 313 Å². The molecule has 0 aliphatic rings. The summed E-state index contributed by atoms with van der Waals surface area (Å²) in [4.78, 5) is 94.9. The molecule has 19 nitrogen and oxygen atoms in total. The minimum absolute atomic E-state index is 0.0532. The highest BCUT2D eigenvalue weighted by Crippen LogP contribution is 2.20. The van der Waals surface area contributed by atoms with E-state index in [2.05, 4.69) is 20.6 Å². The molecule has 0 fully saturated rings. The Morgan fingerprint density at radius 3 is 1.22 bits per heavy atom. The molecule has 4 aromatic rings. The van der Waals surface area contributed by atoms with Gasteiger partial charge in [0.25, 0.3) is 0 Å². The third-order valence-electron chi connectivity index (χ3n) is 8.74. The number of fused-ring (bicyclic) bond motifs is 2. The Hall–Kier alpha value is -6.31. The van der Waals surface area contributed by atoms with E-state index >= 15 is 0 Å². The maximum Gasteiger partial charge on any atom is 0.326 e. The van der Waals surface area contributed by atoms with Crippen LogP contribution in [-0.4, -0.2) is 163 Å². The molecular weight excluding hydrogens is 722 g/mol. The summed E-state index contributed by atoms with van der Waals surface area (Å²) >= 11 is 0. The number of aromatic amines is 2. The van der Waals surface area contributed by atoms with Crippen molar-refractivity contribution in [1.82, 2.24) is 35.3 Å². The van der Waals surface area contributed by atoms with Gasteiger partial charge in [-0.2, -0.15) is 0 Å². The van der Waals surface area contributed by atoms with Crippen molar-refractivity contribution in [3.8, 4) is 0 Å². The van der Waals surface area contributed by atoms with Crippen molar-refractivity contribution in [3.05, 3.63) is 72.1 Å². The number of aliphatic carboxylic acids is 5. The van der Waals surface area contributed by atoms with Gasteiger partial charge >= 0.3 is 29.8 Å². The molecule has 19 heteroatoms. The van der Waals surface area contributed by atoms with Gasteiger partial charge in [-0.05, 0) is 23.3 Å². The molecule has 0 saturated carbocycles. The van der Waals surface area contributed by atoms with Crippen LogP contribution < -0.4 is 10.6 Å². The van der Waals surface area contributed by atoms with Gasteiger partial charge in [0.1, 0.15) is 12.1 Å². The summed E-state index contributed by atoms with van der Waals surface area (Å²) < 4.78 is 0. The van der Waals surface area contributed by atoms with Crippen molar-refractivity contribution in [3.63, 3.8) is 0 Å². The van der Waals surface area contributed by atoms with Crippen LogP contribution in [0.5, 0.6) is 0 Å². The number of hydrogen-bond donors (Lipinski definition) is 9. The molecule has 9 N–H and O–H groups in total. The Kier molecular flexibility index (Phi) is 14.8. The second-order valence-electron chi connectivity index (χ2n) is 12.9. The first-order chi connectivity index (χ1) is 26.2. The van der Waals surface area contributed by atoms with E-state index in [1.54, 1.807) is 36.7 Å². The van der Waals surface area contributed by atoms with Crippen molar-refractivity contribution in [2.24, 2.45) is 0 Å². The molecular formula is C36H43N7O12. The molecule has 0 spiro atoms. The number of para-hydroxylation sites is 2. The normalized spacial score (nSPS) is 12.6. The number of H-pyrrole nitrogens is 2. The van der Waals surface area contributed by atoms with Crippen molar-refractivity contribution < 1.29 is 59.1 Å². The lowest BCUT2D eigenvalue weighted by Crippen LogP contribution is -2.50. The molecule has 294 valence electrons. The largest absolute Gasteiger partial charge is 0.480 e. The predicted octanol–water partition coefficient (Wildman–Crippen LogP) is -0.267. The zero-order chi connectivity index (χ0) is 40.1. The van der Waals surface area contributed by atoms with Crippen LogP contribution >= 0.6 is 0 Å². The smallest absolute Gasteiger partial charge is 0.326 e. The third-order valence-corrected chi connectivity index (χ3v) is 8.74. The van der Waals surface area contributed by atoms with E-state index < -0.39 is 86.5 Å². The third kappa shape index (κ3) is 12.9. The van der Waals surface area contributed by atoms with Gasteiger partial charge in [0, 0.05) is 73.2 Å². The highest BCUT2D eigenvalue weighted by atomic mass is 16.4. The molecule has 2 aromatic carbocycles. The molecule has 0 aliphatic heterocycles. The first kappa shape index (κ1) is 41.4. The number of aromatic nitrogens is 2. The molecule has 2 heterocycles. The van der Waals surface area contributed by atoms with E-state index in [1.807, 2.05) is 24.3 Å². The number of rotatable bonds is 24. The summed E-state index contributed by atoms with van der Waals surface area (Å²) in [7, 11) is 0. The SMILES string of the molecule is O=C(O)CN(CCN(CC(=O)O)CC(=O)N[C@H](Cc1c[nH]c2ccccc12)C(=O)O)CCN(CC(=O)O)CC(=O)N[C@H](Cc1c[nH]c2ccccc12)C(=O)O. The second kappa shape index (κ2) is 19.7. The molecule has 2 atom stereocenters. The average molecular weight is 766 g/mol. The van der Waals surface area contributed by atoms with E-state index in [1.165, 1.54) is 14.7 Å². The van der Waals surface area contributed by atoms with Crippen LogP contribution in [0.15, 0.2) is 60.9 Å². The van der Waals surface area contributed by atoms with Gasteiger partial charge in [0.15, 0.2) is 0 Å². The number of nitrogens with zero attached hydrogens (tertiary/aromatic N) is 3. The van der Waals surface area contributed by atoms with Gasteiger partial charge in [-0.3, -0.25) is 38.7 Å². The van der Waals surface area contributed by atoms with Crippen LogP contribution in [0.25, 0.3) is 21.8 Å². The van der Waals surface area contributed by atoms with Gasteiger partial charge < -0.3 is 46.1 Å². The van der Waals surface area contributed by atoms with Gasteiger partial charge in [-0.1, -0.05) is 36.4 Å². The number of carboxylic acid groups (broad SMARTS) is 5. The molecule has 55 heavy (non-hydrogen) atoms. The Morgan fingerprint density at radius 1 is 0.509 bits per heavy atom. The maximum atomic E-state index is 13.0. The number of carboxylic acids is 5. The van der Waals surface area contributed by atoms with Crippen LogP contribution in [0.2, 0.25) is 0 Å². The monoisotopic (exact) mass is 765 g/mol. The van der Waals surface area contributed by atoms with Gasteiger partial charge in [-0.25, -0.2) is 9.59 Å². The van der Waals surface area contributed by atoms with Crippen LogP contribution in [-0.2, 0) is 46.4 Å². The van der Waals surface area contributed by atoms with Gasteiger partial charge in [0.2, 0.25) is 11.8 Å². The quantitative estimate of drug-likeness (QED) is 0.0444. The molecule has 2 amide bonds. The number of carbonyl (C=O) groups excluding carboxylic acids is 2. The zero-order valence-electron chi connectivity index (χ0n) is 29.6. The summed E-state index contributed by atoms with van der Waals surface area (Å²) in [5.74, 6) is -8.01. The van der Waals surface area contributed by atoms with Gasteiger partial charge in [-0.15, -0.1) is 0 Å². The van der Waals surface area contributed by atoms with Crippen molar-refractivity contribution in [2.75, 3.05) is 58.9 Å². The minimum Gasteiger partial charge on any atom is -0.480 e. The van der Waals surface area contributed by atoms with Crippen molar-refractivity contribution in [2.45, 2.75) is 24.9 Å². The minimum atomic E-state index is -1.33. The first-order valence-electron chi connectivity index (χ1n) is 17.1. The Balaban J connectivity index is 1.35. The average Bonchev–Trinajstić information content (AvgIpc) is 3.71. The Bertz CT molecular complexity index is 1880. The number of nitrogens with one attached hydrogen (secondary N) is 4. The second-order valence-corrected chi connectivity index (χ2v) is 12.9. The molecule has 0 bridgehead atoms. The topological polar surface area (TPSA) is 286 Å². The summed E-state index contributed by atoms with van der Waals surface area (Å²) in [6.07, 6.45) is 3.18. The summed E-state index contributed by atoms with van der Waals surface area (Å²) in [5.41, 5.74) is 2.86. The fourth-order valence-corrected chi connectivity index (χ4v) is 6.16. The molecule has 0 unspecified atom stereocenters. The molecule has 4 rings (SSSR count). The predicted molar refractivity (Wildman–Crippen MR) is 195 cm³/mol. The lowest BCUT2D eigenvalue weighted by atomic mass is 10.0. The first-order valence-corrected chi connectivity index (χ1v) is 17.1. The van der Waals surface area contributed by atoms with E-state index in [9.17, 15) is 59.1 Å². The fraction of sp³-hybridized carbons (Fsp3) is 0.361. The van der Waals surface area contributed by atoms with Gasteiger partial charge in [0.05, 0.1) is 32.7 Å². The number of amides is 2. The summed E-state index contributed by atoms with van der Waals surface area (Å²) in [6, 6.07) is 11.8. The molecule has 0 aliphatic carbocycles. The zero-order valence-corrected chi connectivity index (χ0v) is 29.6. The standard InChI is InChI=1S/C36H43N7O12/c44-30(39-28(35(52)53)13-22-15-37-26-7-3-1-5-24(22)26)17-42(20-33(48)49)11-9-41(19-32(46)47)10-12-43(21-34(50)51)18-31(45)40-29(36(54)55)14-23-16-38-27-8-4-2-6-25(23)27/h1-8,15-16,28-29,37-38H,9-14,17-21H2,(H,39,44)(H,40,45)(H,46,47)(H,48,49)(H,50,51)(H,52,53)(H,54,55)/t28-,29-/m1/s1. The molecule has 0 saturated heterocycles.